The van der Waals surface area contributed by atoms with E-state index < -0.39 is 0 Å². The number of nitrogens with one attached hydrogen (secondary N) is 1. The van der Waals surface area contributed by atoms with E-state index in [4.69, 9.17) is 4.52 Å². The third kappa shape index (κ3) is 3.79. The summed E-state index contributed by atoms with van der Waals surface area (Å²) in [6, 6.07) is 9.03. The Morgan fingerprint density at radius 1 is 1.35 bits per heavy atom. The van der Waals surface area contributed by atoms with Gasteiger partial charge in [0.15, 0.2) is 5.82 Å². The molecule has 2 unspecified atom stereocenters. The van der Waals surface area contributed by atoms with Gasteiger partial charge >= 0.3 is 0 Å². The molecule has 2 atom stereocenters. The Morgan fingerprint density at radius 3 is 2.83 bits per heavy atom. The quantitative estimate of drug-likeness (QED) is 0.919. The molecule has 0 radical (unpaired) electrons. The van der Waals surface area contributed by atoms with Crippen LogP contribution in [0, 0.1) is 0 Å². The van der Waals surface area contributed by atoms with Gasteiger partial charge in [0.05, 0.1) is 6.04 Å². The van der Waals surface area contributed by atoms with Crippen LogP contribution < -0.4 is 5.32 Å². The molecule has 3 rings (SSSR count). The smallest absolute Gasteiger partial charge is 0.227 e. The Kier molecular flexibility index (Phi) is 5.08. The van der Waals surface area contributed by atoms with Gasteiger partial charge in [0.25, 0.3) is 0 Å². The van der Waals surface area contributed by atoms with Crippen molar-refractivity contribution in [3.63, 3.8) is 0 Å². The van der Waals surface area contributed by atoms with Crippen LogP contribution in [-0.2, 0) is 12.8 Å². The summed E-state index contributed by atoms with van der Waals surface area (Å²) in [6.45, 7) is 7.29. The number of aryl methyl sites for hydroxylation is 1. The van der Waals surface area contributed by atoms with Crippen molar-refractivity contribution >= 4 is 0 Å². The summed E-state index contributed by atoms with van der Waals surface area (Å²) in [5, 5.41) is 7.58. The molecule has 0 aliphatic carbocycles. The van der Waals surface area contributed by atoms with Gasteiger partial charge in [-0.1, -0.05) is 43.3 Å². The zero-order chi connectivity index (χ0) is 16.2. The molecule has 1 N–H and O–H groups in total. The predicted molar refractivity (Wildman–Crippen MR) is 90.5 cm³/mol. The molecule has 1 aliphatic rings. The number of hydrogen-bond donors (Lipinski definition) is 1. The molecule has 2 aromatic rings. The fourth-order valence-corrected chi connectivity index (χ4v) is 3.04. The van der Waals surface area contributed by atoms with Crippen LogP contribution in [0.4, 0.5) is 0 Å². The normalized spacial score (nSPS) is 20.6. The van der Waals surface area contributed by atoms with Crippen molar-refractivity contribution in [3.8, 4) is 0 Å². The topological polar surface area (TPSA) is 54.2 Å². The monoisotopic (exact) mass is 314 g/mol. The lowest BCUT2D eigenvalue weighted by molar-refractivity contribution is 0.190. The third-order valence-corrected chi connectivity index (χ3v) is 4.73. The molecular formula is C18H26N4O. The van der Waals surface area contributed by atoms with Gasteiger partial charge in [-0.25, -0.2) is 0 Å². The Hall–Kier alpha value is -1.72. The molecule has 0 saturated carbocycles. The van der Waals surface area contributed by atoms with Crippen molar-refractivity contribution < 1.29 is 4.52 Å². The maximum Gasteiger partial charge on any atom is 0.227 e. The van der Waals surface area contributed by atoms with E-state index >= 15 is 0 Å². The zero-order valence-electron chi connectivity index (χ0n) is 14.2. The Balaban J connectivity index is 1.65. The van der Waals surface area contributed by atoms with Gasteiger partial charge in [-0.2, -0.15) is 4.98 Å². The van der Waals surface area contributed by atoms with E-state index in [9.17, 15) is 0 Å². The molecule has 0 bridgehead atoms. The second kappa shape index (κ2) is 7.23. The van der Waals surface area contributed by atoms with Crippen molar-refractivity contribution in [3.05, 3.63) is 47.1 Å². The number of rotatable bonds is 5. The Morgan fingerprint density at radius 2 is 2.13 bits per heavy atom. The summed E-state index contributed by atoms with van der Waals surface area (Å²) >= 11 is 0. The maximum absolute atomic E-state index is 5.49. The van der Waals surface area contributed by atoms with Crippen LogP contribution in [0.2, 0.25) is 0 Å². The van der Waals surface area contributed by atoms with E-state index in [0.717, 1.165) is 44.2 Å². The van der Waals surface area contributed by atoms with Crippen LogP contribution in [0.15, 0.2) is 28.8 Å². The van der Waals surface area contributed by atoms with Crippen molar-refractivity contribution in [1.29, 1.82) is 0 Å². The fraction of sp³-hybridized carbons (Fsp3) is 0.556. The van der Waals surface area contributed by atoms with Crippen LogP contribution in [0.1, 0.15) is 48.6 Å². The van der Waals surface area contributed by atoms with Crippen LogP contribution >= 0.6 is 0 Å². The molecule has 5 nitrogen and oxygen atoms in total. The SMILES string of the molecule is CCc1ccc(C(C)Cc2nc(C3CNCCN3C)no2)cc1. The number of aromatic nitrogens is 2. The van der Waals surface area contributed by atoms with Crippen molar-refractivity contribution in [2.75, 3.05) is 26.7 Å². The fourth-order valence-electron chi connectivity index (χ4n) is 3.04. The molecule has 1 aliphatic heterocycles. The summed E-state index contributed by atoms with van der Waals surface area (Å²) in [6.07, 6.45) is 1.85. The second-order valence-electron chi connectivity index (χ2n) is 6.45. The molecular weight excluding hydrogens is 288 g/mol. The molecule has 2 heterocycles. The third-order valence-electron chi connectivity index (χ3n) is 4.73. The van der Waals surface area contributed by atoms with E-state index in [1.165, 1.54) is 11.1 Å². The van der Waals surface area contributed by atoms with Gasteiger partial charge < -0.3 is 9.84 Å². The average molecular weight is 314 g/mol. The lowest BCUT2D eigenvalue weighted by Gasteiger charge is -2.30. The van der Waals surface area contributed by atoms with Crippen molar-refractivity contribution in [2.24, 2.45) is 0 Å². The first-order valence-electron chi connectivity index (χ1n) is 8.49. The standard InChI is InChI=1S/C18H26N4O/c1-4-14-5-7-15(8-6-14)13(2)11-17-20-18(21-23-17)16-12-19-9-10-22(16)3/h5-8,13,16,19H,4,9-12H2,1-3H3. The van der Waals surface area contributed by atoms with Crippen LogP contribution in [0.5, 0.6) is 0 Å². The van der Waals surface area contributed by atoms with Crippen molar-refractivity contribution in [2.45, 2.75) is 38.6 Å². The highest BCUT2D eigenvalue weighted by molar-refractivity contribution is 5.25. The van der Waals surface area contributed by atoms with E-state index in [1.54, 1.807) is 0 Å². The minimum atomic E-state index is 0.209. The lowest BCUT2D eigenvalue weighted by atomic mass is 9.96. The molecule has 1 fully saturated rings. The summed E-state index contributed by atoms with van der Waals surface area (Å²) in [5.41, 5.74) is 2.69. The molecule has 0 amide bonds. The van der Waals surface area contributed by atoms with Crippen LogP contribution in [0.25, 0.3) is 0 Å². The summed E-state index contributed by atoms with van der Waals surface area (Å²) in [7, 11) is 2.11. The van der Waals surface area contributed by atoms with Crippen LogP contribution in [-0.4, -0.2) is 41.7 Å². The average Bonchev–Trinajstić information content (AvgIpc) is 3.03. The molecule has 0 spiro atoms. The van der Waals surface area contributed by atoms with Gasteiger partial charge in [0.1, 0.15) is 0 Å². The van der Waals surface area contributed by atoms with Crippen LogP contribution in [0.3, 0.4) is 0 Å². The highest BCUT2D eigenvalue weighted by atomic mass is 16.5. The minimum Gasteiger partial charge on any atom is -0.339 e. The molecule has 124 valence electrons. The van der Waals surface area contributed by atoms with Gasteiger partial charge in [-0.05, 0) is 30.5 Å². The lowest BCUT2D eigenvalue weighted by Crippen LogP contribution is -2.44. The number of nitrogens with zero attached hydrogens (tertiary/aromatic N) is 3. The minimum absolute atomic E-state index is 0.209. The molecule has 23 heavy (non-hydrogen) atoms. The highest BCUT2D eigenvalue weighted by Gasteiger charge is 2.25. The summed E-state index contributed by atoms with van der Waals surface area (Å²) in [5.74, 6) is 1.89. The number of likely N-dealkylation sites (N-methyl/N-ethyl adjacent to an activating group) is 1. The van der Waals surface area contributed by atoms with Gasteiger partial charge in [0.2, 0.25) is 5.89 Å². The first kappa shape index (κ1) is 16.1. The van der Waals surface area contributed by atoms with Crippen molar-refractivity contribution in [1.82, 2.24) is 20.4 Å². The van der Waals surface area contributed by atoms with E-state index in [0.29, 0.717) is 5.92 Å². The Labute approximate surface area is 138 Å². The number of hydrogen-bond acceptors (Lipinski definition) is 5. The number of piperazine rings is 1. The maximum atomic E-state index is 5.49. The van der Waals surface area contributed by atoms with Gasteiger partial charge in [-0.3, -0.25) is 4.90 Å². The summed E-state index contributed by atoms with van der Waals surface area (Å²) in [4.78, 5) is 6.90. The highest BCUT2D eigenvalue weighted by Crippen LogP contribution is 2.22. The second-order valence-corrected chi connectivity index (χ2v) is 6.45. The van der Waals surface area contributed by atoms with Gasteiger partial charge in [0, 0.05) is 26.1 Å². The first-order valence-corrected chi connectivity index (χ1v) is 8.49. The van der Waals surface area contributed by atoms with E-state index in [2.05, 4.69) is 65.5 Å². The van der Waals surface area contributed by atoms with E-state index in [-0.39, 0.29) is 6.04 Å². The molecule has 1 saturated heterocycles. The zero-order valence-corrected chi connectivity index (χ0v) is 14.2. The molecule has 5 heteroatoms. The van der Waals surface area contributed by atoms with E-state index in [1.807, 2.05) is 0 Å². The summed E-state index contributed by atoms with van der Waals surface area (Å²) < 4.78 is 5.49. The number of benzene rings is 1. The molecule has 1 aromatic carbocycles. The predicted octanol–water partition coefficient (Wildman–Crippen LogP) is 2.55. The Bertz CT molecular complexity index is 622. The largest absolute Gasteiger partial charge is 0.339 e. The van der Waals surface area contributed by atoms with Gasteiger partial charge in [-0.15, -0.1) is 0 Å². The first-order chi connectivity index (χ1) is 11.2. The molecule has 1 aromatic heterocycles.